The molecule has 2 heterocycles. The van der Waals surface area contributed by atoms with Gasteiger partial charge in [-0.25, -0.2) is 4.98 Å². The van der Waals surface area contributed by atoms with Crippen LogP contribution in [0.25, 0.3) is 0 Å². The number of hydrogen-bond donors (Lipinski definition) is 2. The van der Waals surface area contributed by atoms with Crippen LogP contribution in [0, 0.1) is 6.92 Å². The first kappa shape index (κ1) is 16.5. The first-order valence-corrected chi connectivity index (χ1v) is 8.78. The Morgan fingerprint density at radius 2 is 2.12 bits per heavy atom. The third-order valence-corrected chi connectivity index (χ3v) is 4.80. The highest BCUT2D eigenvalue weighted by molar-refractivity contribution is 5.98. The van der Waals surface area contributed by atoms with Crippen molar-refractivity contribution in [2.24, 2.45) is 0 Å². The Bertz CT molecular complexity index is 932. The zero-order valence-corrected chi connectivity index (χ0v) is 14.5. The molecule has 2 aromatic rings. The van der Waals surface area contributed by atoms with E-state index < -0.39 is 11.5 Å². The number of nitrogens with one attached hydrogen (secondary N) is 2. The minimum Gasteiger partial charge on any atom is -0.347 e. The summed E-state index contributed by atoms with van der Waals surface area (Å²) in [5.41, 5.74) is 1.44. The van der Waals surface area contributed by atoms with Gasteiger partial charge in [0.15, 0.2) is 0 Å². The number of H-pyrrole nitrogens is 1. The topological polar surface area (TPSA) is 95.2 Å². The fraction of sp³-hybridized carbons (Fsp3) is 0.368. The van der Waals surface area contributed by atoms with Crippen LogP contribution in [0.5, 0.6) is 0 Å². The van der Waals surface area contributed by atoms with Crippen molar-refractivity contribution in [2.45, 2.75) is 38.1 Å². The maximum absolute atomic E-state index is 12.4. The molecule has 0 spiro atoms. The maximum atomic E-state index is 12.4. The second kappa shape index (κ2) is 6.40. The summed E-state index contributed by atoms with van der Waals surface area (Å²) in [6.45, 7) is 2.35. The average Bonchev–Trinajstić information content (AvgIpc) is 3.38. The number of rotatable bonds is 4. The lowest BCUT2D eigenvalue weighted by Gasteiger charge is -2.17. The first-order chi connectivity index (χ1) is 12.5. The molecular weight excluding hydrogens is 332 g/mol. The number of aryl methyl sites for hydroxylation is 1. The molecule has 0 bridgehead atoms. The summed E-state index contributed by atoms with van der Waals surface area (Å²) >= 11 is 0. The fourth-order valence-electron chi connectivity index (χ4n) is 3.25. The van der Waals surface area contributed by atoms with Crippen LogP contribution in [-0.2, 0) is 4.79 Å². The van der Waals surface area contributed by atoms with E-state index >= 15 is 0 Å². The molecule has 1 atom stereocenters. The molecule has 1 aromatic heterocycles. The average molecular weight is 352 g/mol. The van der Waals surface area contributed by atoms with Crippen molar-refractivity contribution >= 4 is 17.5 Å². The highest BCUT2D eigenvalue weighted by Gasteiger charge is 2.32. The molecule has 1 aliphatic heterocycles. The Kier molecular flexibility index (Phi) is 4.06. The van der Waals surface area contributed by atoms with Crippen LogP contribution in [0.3, 0.4) is 0 Å². The molecule has 2 amide bonds. The number of aromatic nitrogens is 2. The van der Waals surface area contributed by atoms with E-state index in [2.05, 4.69) is 15.3 Å². The molecule has 1 aliphatic carbocycles. The van der Waals surface area contributed by atoms with Crippen LogP contribution >= 0.6 is 0 Å². The number of hydrogen-bond acceptors (Lipinski definition) is 4. The minimum absolute atomic E-state index is 0.0177. The Balaban J connectivity index is 1.45. The largest absolute Gasteiger partial charge is 0.347 e. The lowest BCUT2D eigenvalue weighted by atomic mass is 10.2. The van der Waals surface area contributed by atoms with E-state index in [0.717, 1.165) is 24.1 Å². The van der Waals surface area contributed by atoms with E-state index in [1.807, 2.05) is 31.2 Å². The van der Waals surface area contributed by atoms with Crippen LogP contribution in [0.2, 0.25) is 0 Å². The summed E-state index contributed by atoms with van der Waals surface area (Å²) < 4.78 is 0. The van der Waals surface area contributed by atoms with Gasteiger partial charge in [0.1, 0.15) is 11.4 Å². The smallest absolute Gasteiger partial charge is 0.263 e. The van der Waals surface area contributed by atoms with Crippen molar-refractivity contribution in [3.63, 3.8) is 0 Å². The summed E-state index contributed by atoms with van der Waals surface area (Å²) in [6, 6.07) is 7.34. The number of benzene rings is 1. The molecule has 26 heavy (non-hydrogen) atoms. The Labute approximate surface area is 150 Å². The van der Waals surface area contributed by atoms with Crippen LogP contribution in [0.1, 0.15) is 46.9 Å². The van der Waals surface area contributed by atoms with Crippen molar-refractivity contribution in [1.82, 2.24) is 15.3 Å². The van der Waals surface area contributed by atoms with E-state index in [9.17, 15) is 14.4 Å². The predicted molar refractivity (Wildman–Crippen MR) is 96.2 cm³/mol. The summed E-state index contributed by atoms with van der Waals surface area (Å²) in [4.78, 5) is 45.4. The number of amides is 2. The standard InChI is InChI=1S/C19H20N4O3/c1-11-3-2-4-14(7-11)23-10-13(8-16(23)24)21-18(25)15-9-20-17(12-5-6-12)22-19(15)26/h2-4,7,9,12-13H,5-6,8,10H2,1H3,(H,21,25)(H,20,22,26)/t13-/m1/s1. The molecule has 7 heteroatoms. The van der Waals surface area contributed by atoms with Crippen molar-refractivity contribution in [2.75, 3.05) is 11.4 Å². The van der Waals surface area contributed by atoms with Gasteiger partial charge in [-0.15, -0.1) is 0 Å². The first-order valence-electron chi connectivity index (χ1n) is 8.78. The van der Waals surface area contributed by atoms with Gasteiger partial charge in [0.05, 0.1) is 6.04 Å². The van der Waals surface area contributed by atoms with Crippen LogP contribution in [0.4, 0.5) is 5.69 Å². The molecule has 0 radical (unpaired) electrons. The normalized spacial score (nSPS) is 19.7. The quantitative estimate of drug-likeness (QED) is 0.871. The molecule has 1 aromatic carbocycles. The number of carbonyl (C=O) groups excluding carboxylic acids is 2. The minimum atomic E-state index is -0.495. The Hall–Kier alpha value is -2.96. The second-order valence-corrected chi connectivity index (χ2v) is 7.00. The highest BCUT2D eigenvalue weighted by atomic mass is 16.2. The summed E-state index contributed by atoms with van der Waals surface area (Å²) in [7, 11) is 0. The monoisotopic (exact) mass is 352 g/mol. The zero-order chi connectivity index (χ0) is 18.3. The highest BCUT2D eigenvalue weighted by Crippen LogP contribution is 2.37. The third kappa shape index (κ3) is 3.24. The second-order valence-electron chi connectivity index (χ2n) is 7.00. The van der Waals surface area contributed by atoms with Crippen molar-refractivity contribution in [3.05, 3.63) is 57.8 Å². The molecule has 7 nitrogen and oxygen atoms in total. The molecule has 2 N–H and O–H groups in total. The zero-order valence-electron chi connectivity index (χ0n) is 14.5. The van der Waals surface area contributed by atoms with Gasteiger partial charge in [0.25, 0.3) is 11.5 Å². The Morgan fingerprint density at radius 1 is 1.31 bits per heavy atom. The van der Waals surface area contributed by atoms with Crippen molar-refractivity contribution in [3.8, 4) is 0 Å². The Morgan fingerprint density at radius 3 is 2.81 bits per heavy atom. The number of aromatic amines is 1. The number of nitrogens with zero attached hydrogens (tertiary/aromatic N) is 2. The van der Waals surface area contributed by atoms with E-state index in [4.69, 9.17) is 0 Å². The molecule has 4 rings (SSSR count). The SMILES string of the molecule is Cc1cccc(N2C[C@H](NC(=O)c3cnc(C4CC4)[nH]c3=O)CC2=O)c1. The predicted octanol–water partition coefficient (Wildman–Crippen LogP) is 1.49. The van der Waals surface area contributed by atoms with Gasteiger partial charge >= 0.3 is 0 Å². The summed E-state index contributed by atoms with van der Waals surface area (Å²) in [5.74, 6) is 0.422. The molecule has 0 unspecified atom stereocenters. The third-order valence-electron chi connectivity index (χ3n) is 4.80. The maximum Gasteiger partial charge on any atom is 0.263 e. The van der Waals surface area contributed by atoms with Gasteiger partial charge in [0, 0.05) is 30.8 Å². The molecule has 1 saturated carbocycles. The van der Waals surface area contributed by atoms with Crippen molar-refractivity contribution < 1.29 is 9.59 Å². The molecule has 2 aliphatic rings. The van der Waals surface area contributed by atoms with E-state index in [0.29, 0.717) is 18.3 Å². The van der Waals surface area contributed by atoms with Gasteiger partial charge in [-0.05, 0) is 37.5 Å². The van der Waals surface area contributed by atoms with Crippen LogP contribution in [0.15, 0.2) is 35.3 Å². The molecular formula is C19H20N4O3. The van der Waals surface area contributed by atoms with Crippen LogP contribution < -0.4 is 15.8 Å². The molecule has 1 saturated heterocycles. The number of carbonyl (C=O) groups is 2. The van der Waals surface area contributed by atoms with E-state index in [-0.39, 0.29) is 23.9 Å². The van der Waals surface area contributed by atoms with Crippen LogP contribution in [-0.4, -0.2) is 34.4 Å². The lowest BCUT2D eigenvalue weighted by molar-refractivity contribution is -0.117. The van der Waals surface area contributed by atoms with E-state index in [1.54, 1.807) is 4.90 Å². The van der Waals surface area contributed by atoms with Crippen molar-refractivity contribution in [1.29, 1.82) is 0 Å². The van der Waals surface area contributed by atoms with Gasteiger partial charge in [0.2, 0.25) is 5.91 Å². The summed E-state index contributed by atoms with van der Waals surface area (Å²) in [6.07, 6.45) is 3.59. The van der Waals surface area contributed by atoms with Gasteiger partial charge in [-0.2, -0.15) is 0 Å². The lowest BCUT2D eigenvalue weighted by Crippen LogP contribution is -2.39. The van der Waals surface area contributed by atoms with Gasteiger partial charge < -0.3 is 15.2 Å². The summed E-state index contributed by atoms with van der Waals surface area (Å²) in [5, 5.41) is 2.78. The number of anilines is 1. The molecule has 134 valence electrons. The van der Waals surface area contributed by atoms with Gasteiger partial charge in [-0.3, -0.25) is 14.4 Å². The molecule has 2 fully saturated rings. The van der Waals surface area contributed by atoms with Gasteiger partial charge in [-0.1, -0.05) is 12.1 Å². The fourth-order valence-corrected chi connectivity index (χ4v) is 3.25. The van der Waals surface area contributed by atoms with E-state index in [1.165, 1.54) is 6.20 Å².